The van der Waals surface area contributed by atoms with Gasteiger partial charge in [-0.25, -0.2) is 4.79 Å². The molecule has 0 aliphatic carbocycles. The van der Waals surface area contributed by atoms with Crippen molar-refractivity contribution in [2.24, 2.45) is 0 Å². The van der Waals surface area contributed by atoms with Gasteiger partial charge in [0, 0.05) is 5.56 Å². The van der Waals surface area contributed by atoms with Crippen LogP contribution >= 0.6 is 0 Å². The lowest BCUT2D eigenvalue weighted by atomic mass is 10.0. The third kappa shape index (κ3) is 2.31. The Balaban J connectivity index is 3.31. The van der Waals surface area contributed by atoms with Gasteiger partial charge in [-0.3, -0.25) is 0 Å². The summed E-state index contributed by atoms with van der Waals surface area (Å²) < 4.78 is 4.84. The number of ether oxygens (including phenoxy) is 1. The first-order chi connectivity index (χ1) is 7.63. The van der Waals surface area contributed by atoms with Crippen molar-refractivity contribution < 1.29 is 14.6 Å². The van der Waals surface area contributed by atoms with E-state index in [9.17, 15) is 9.90 Å². The average molecular weight is 218 g/mol. The van der Waals surface area contributed by atoms with Crippen LogP contribution in [0.3, 0.4) is 0 Å². The first kappa shape index (κ1) is 12.0. The lowest BCUT2D eigenvalue weighted by Gasteiger charge is -2.08. The third-order valence-electron chi connectivity index (χ3n) is 2.11. The number of phenolic OH excluding ortho intramolecular Hbond substituents is 1. The summed E-state index contributed by atoms with van der Waals surface area (Å²) in [5.41, 5.74) is 1.35. The van der Waals surface area contributed by atoms with Crippen molar-refractivity contribution in [2.75, 3.05) is 6.61 Å². The van der Waals surface area contributed by atoms with Crippen LogP contribution in [0.2, 0.25) is 0 Å². The van der Waals surface area contributed by atoms with Gasteiger partial charge in [-0.1, -0.05) is 25.3 Å². The van der Waals surface area contributed by atoms with Crippen LogP contribution in [0.1, 0.15) is 28.4 Å². The van der Waals surface area contributed by atoms with Crippen molar-refractivity contribution in [3.05, 3.63) is 42.0 Å². The number of phenols is 1. The van der Waals surface area contributed by atoms with E-state index in [0.717, 1.165) is 5.56 Å². The molecule has 1 aromatic carbocycles. The van der Waals surface area contributed by atoms with Gasteiger partial charge in [-0.05, 0) is 24.6 Å². The fraction of sp³-hybridized carbons (Fsp3) is 0.154. The molecule has 0 unspecified atom stereocenters. The van der Waals surface area contributed by atoms with E-state index in [1.807, 2.05) is 0 Å². The minimum Gasteiger partial charge on any atom is -0.506 e. The highest BCUT2D eigenvalue weighted by Gasteiger charge is 2.15. The molecule has 0 saturated carbocycles. The second-order valence-corrected chi connectivity index (χ2v) is 3.14. The number of benzene rings is 1. The highest BCUT2D eigenvalue weighted by atomic mass is 16.5. The SMILES string of the molecule is C=Cc1cc(C=C)c(O)c(C(=O)OCC)c1. The number of aromatic hydroxyl groups is 1. The molecule has 0 amide bonds. The molecular formula is C13H14O3. The zero-order valence-corrected chi connectivity index (χ0v) is 9.19. The van der Waals surface area contributed by atoms with E-state index in [0.29, 0.717) is 5.56 Å². The van der Waals surface area contributed by atoms with Crippen LogP contribution in [0, 0.1) is 0 Å². The predicted octanol–water partition coefficient (Wildman–Crippen LogP) is 2.85. The van der Waals surface area contributed by atoms with Gasteiger partial charge < -0.3 is 9.84 Å². The van der Waals surface area contributed by atoms with Gasteiger partial charge in [-0.2, -0.15) is 0 Å². The minimum atomic E-state index is -0.549. The van der Waals surface area contributed by atoms with Crippen molar-refractivity contribution >= 4 is 18.1 Å². The molecule has 3 nitrogen and oxygen atoms in total. The lowest BCUT2D eigenvalue weighted by Crippen LogP contribution is -2.05. The molecule has 0 bridgehead atoms. The van der Waals surface area contributed by atoms with Crippen LogP contribution in [0.4, 0.5) is 0 Å². The molecule has 3 heteroatoms. The zero-order valence-electron chi connectivity index (χ0n) is 9.19. The minimum absolute atomic E-state index is 0.112. The number of hydrogen-bond acceptors (Lipinski definition) is 3. The normalized spacial score (nSPS) is 9.56. The van der Waals surface area contributed by atoms with E-state index >= 15 is 0 Å². The monoisotopic (exact) mass is 218 g/mol. The maximum atomic E-state index is 11.6. The fourth-order valence-corrected chi connectivity index (χ4v) is 1.32. The molecule has 0 heterocycles. The summed E-state index contributed by atoms with van der Waals surface area (Å²) >= 11 is 0. The fourth-order valence-electron chi connectivity index (χ4n) is 1.32. The van der Waals surface area contributed by atoms with E-state index in [1.165, 1.54) is 12.1 Å². The van der Waals surface area contributed by atoms with E-state index in [1.54, 1.807) is 19.1 Å². The molecule has 0 spiro atoms. The molecule has 0 aromatic heterocycles. The van der Waals surface area contributed by atoms with Gasteiger partial charge in [0.05, 0.1) is 6.61 Å². The van der Waals surface area contributed by atoms with Crippen molar-refractivity contribution in [1.82, 2.24) is 0 Å². The van der Waals surface area contributed by atoms with Gasteiger partial charge in [0.2, 0.25) is 0 Å². The van der Waals surface area contributed by atoms with Gasteiger partial charge in [0.1, 0.15) is 11.3 Å². The van der Waals surface area contributed by atoms with Crippen LogP contribution < -0.4 is 0 Å². The second kappa shape index (κ2) is 5.16. The maximum absolute atomic E-state index is 11.6. The Morgan fingerprint density at radius 3 is 2.62 bits per heavy atom. The van der Waals surface area contributed by atoms with Gasteiger partial charge in [-0.15, -0.1) is 0 Å². The first-order valence-electron chi connectivity index (χ1n) is 4.93. The zero-order chi connectivity index (χ0) is 12.1. The smallest absolute Gasteiger partial charge is 0.341 e. The molecule has 1 N–H and O–H groups in total. The number of hydrogen-bond donors (Lipinski definition) is 1. The summed E-state index contributed by atoms with van der Waals surface area (Å²) in [6, 6.07) is 3.23. The number of carbonyl (C=O) groups excluding carboxylic acids is 1. The van der Waals surface area contributed by atoms with Crippen molar-refractivity contribution in [2.45, 2.75) is 6.92 Å². The molecule has 0 radical (unpaired) electrons. The topological polar surface area (TPSA) is 46.5 Å². The Morgan fingerprint density at radius 1 is 1.44 bits per heavy atom. The molecule has 0 aliphatic heterocycles. The average Bonchev–Trinajstić information content (AvgIpc) is 2.29. The Morgan fingerprint density at radius 2 is 2.12 bits per heavy atom. The van der Waals surface area contributed by atoms with Crippen molar-refractivity contribution in [3.8, 4) is 5.75 Å². The van der Waals surface area contributed by atoms with E-state index in [2.05, 4.69) is 13.2 Å². The standard InChI is InChI=1S/C13H14O3/c1-4-9-7-10(5-2)12(14)11(8-9)13(15)16-6-3/h4-5,7-8,14H,1-2,6H2,3H3. The third-order valence-corrected chi connectivity index (χ3v) is 2.11. The number of esters is 1. The Labute approximate surface area is 94.7 Å². The summed E-state index contributed by atoms with van der Waals surface area (Å²) in [6.07, 6.45) is 3.07. The lowest BCUT2D eigenvalue weighted by molar-refractivity contribution is 0.0523. The second-order valence-electron chi connectivity index (χ2n) is 3.14. The highest BCUT2D eigenvalue weighted by Crippen LogP contribution is 2.26. The van der Waals surface area contributed by atoms with Crippen LogP contribution in [-0.2, 0) is 4.74 Å². The molecule has 84 valence electrons. The molecule has 0 fully saturated rings. The number of rotatable bonds is 4. The van der Waals surface area contributed by atoms with Gasteiger partial charge >= 0.3 is 5.97 Å². The molecule has 1 aromatic rings. The molecule has 1 rings (SSSR count). The molecule has 0 saturated heterocycles. The molecule has 0 atom stereocenters. The van der Waals surface area contributed by atoms with Crippen molar-refractivity contribution in [1.29, 1.82) is 0 Å². The van der Waals surface area contributed by atoms with Crippen LogP contribution in [-0.4, -0.2) is 17.7 Å². The first-order valence-corrected chi connectivity index (χ1v) is 4.93. The van der Waals surface area contributed by atoms with Gasteiger partial charge in [0.15, 0.2) is 0 Å². The van der Waals surface area contributed by atoms with E-state index < -0.39 is 5.97 Å². The van der Waals surface area contributed by atoms with E-state index in [-0.39, 0.29) is 17.9 Å². The van der Waals surface area contributed by atoms with Crippen LogP contribution in [0.25, 0.3) is 12.2 Å². The summed E-state index contributed by atoms with van der Waals surface area (Å²) in [5.74, 6) is -0.661. The summed E-state index contributed by atoms with van der Waals surface area (Å²) in [5, 5.41) is 9.80. The largest absolute Gasteiger partial charge is 0.506 e. The quantitative estimate of drug-likeness (QED) is 0.790. The van der Waals surface area contributed by atoms with Gasteiger partial charge in [0.25, 0.3) is 0 Å². The summed E-state index contributed by atoms with van der Waals surface area (Å²) in [4.78, 5) is 11.6. The summed E-state index contributed by atoms with van der Waals surface area (Å²) in [6.45, 7) is 9.15. The Hall–Kier alpha value is -2.03. The van der Waals surface area contributed by atoms with Crippen LogP contribution in [0.5, 0.6) is 5.75 Å². The predicted molar refractivity (Wildman–Crippen MR) is 64.2 cm³/mol. The Kier molecular flexibility index (Phi) is 3.89. The number of carbonyl (C=O) groups is 1. The van der Waals surface area contributed by atoms with E-state index in [4.69, 9.17) is 4.74 Å². The molecular weight excluding hydrogens is 204 g/mol. The van der Waals surface area contributed by atoms with Crippen molar-refractivity contribution in [3.63, 3.8) is 0 Å². The van der Waals surface area contributed by atoms with Crippen LogP contribution in [0.15, 0.2) is 25.3 Å². The highest BCUT2D eigenvalue weighted by molar-refractivity contribution is 5.94. The maximum Gasteiger partial charge on any atom is 0.341 e. The summed E-state index contributed by atoms with van der Waals surface area (Å²) in [7, 11) is 0. The molecule has 0 aliphatic rings. The molecule has 16 heavy (non-hydrogen) atoms. The Bertz CT molecular complexity index is 433.